The molecule has 4 rings (SSSR count). The third-order valence-corrected chi connectivity index (χ3v) is 17.5. The van der Waals surface area contributed by atoms with E-state index in [1.807, 2.05) is 45.9 Å². The quantitative estimate of drug-likeness (QED) is 0.0439. The van der Waals surface area contributed by atoms with Crippen molar-refractivity contribution >= 4 is 76.8 Å². The predicted octanol–water partition coefficient (Wildman–Crippen LogP) is 4.22. The molecule has 95 heavy (non-hydrogen) atoms. The number of nitrogens with one attached hydrogen (secondary N) is 6. The van der Waals surface area contributed by atoms with E-state index in [-0.39, 0.29) is 62.5 Å². The summed E-state index contributed by atoms with van der Waals surface area (Å²) in [5.74, 6) is -8.92. The largest absolute Gasteiger partial charge is 0.481 e. The molecule has 0 saturated carbocycles. The summed E-state index contributed by atoms with van der Waals surface area (Å²) in [6, 6.07) is 7.74. The first-order valence-corrected chi connectivity index (χ1v) is 32.7. The number of carboxylic acids is 1. The summed E-state index contributed by atoms with van der Waals surface area (Å²) < 4.78 is 17.7. The number of amides is 11. The van der Waals surface area contributed by atoms with E-state index in [1.54, 1.807) is 89.9 Å². The molecule has 11 amide bonds. The van der Waals surface area contributed by atoms with Crippen molar-refractivity contribution in [3.05, 3.63) is 77.9 Å². The number of carboxylic acid groups (broad SMARTS) is 1. The molecule has 526 valence electrons. The number of hydrogen-bond donors (Lipinski definition) is 8. The summed E-state index contributed by atoms with van der Waals surface area (Å²) in [4.78, 5) is 165. The van der Waals surface area contributed by atoms with Gasteiger partial charge in [-0.2, -0.15) is 0 Å². The minimum atomic E-state index is -1.40. The Bertz CT molecular complexity index is 2980. The summed E-state index contributed by atoms with van der Waals surface area (Å²) in [7, 11) is 6.05. The number of ether oxygens (including phenoxy) is 3. The van der Waals surface area contributed by atoms with E-state index in [1.165, 1.54) is 33.1 Å². The zero-order valence-electron chi connectivity index (χ0n) is 57.7. The normalized spacial score (nSPS) is 17.7. The fraction of sp³-hybridized carbons (Fsp3) is 0.618. The number of carbonyl (C=O) groups excluding carboxylic acids is 11. The molecule has 2 aromatic carbocycles. The van der Waals surface area contributed by atoms with E-state index < -0.39 is 150 Å². The van der Waals surface area contributed by atoms with Gasteiger partial charge in [0.1, 0.15) is 36.8 Å². The number of anilines is 1. The zero-order chi connectivity index (χ0) is 71.1. The molecule has 0 radical (unpaired) electrons. The molecule has 0 bridgehead atoms. The van der Waals surface area contributed by atoms with E-state index in [4.69, 9.17) is 14.2 Å². The molecule has 1 fully saturated rings. The third kappa shape index (κ3) is 23.0. The number of aliphatic hydroxyl groups excluding tert-OH is 1. The van der Waals surface area contributed by atoms with Crippen LogP contribution in [0, 0.1) is 29.6 Å². The lowest BCUT2D eigenvalue weighted by molar-refractivity contribution is -0.148. The Labute approximate surface area is 557 Å². The van der Waals surface area contributed by atoms with Gasteiger partial charge in [0.2, 0.25) is 47.3 Å². The molecule has 27 nitrogen and oxygen atoms in total. The van der Waals surface area contributed by atoms with Crippen LogP contribution < -0.4 is 31.9 Å². The lowest BCUT2D eigenvalue weighted by Crippen LogP contribution is -2.60. The Morgan fingerprint density at radius 1 is 0.695 bits per heavy atom. The van der Waals surface area contributed by atoms with Crippen LogP contribution in [0.2, 0.25) is 0 Å². The van der Waals surface area contributed by atoms with Crippen molar-refractivity contribution in [2.75, 3.05) is 46.7 Å². The molecule has 0 aliphatic carbocycles. The number of nitrogens with zero attached hydrogens (tertiary/aromatic N) is 4. The number of likely N-dealkylation sites (tertiary alicyclic amines) is 1. The fourth-order valence-corrected chi connectivity index (χ4v) is 11.9. The van der Waals surface area contributed by atoms with Gasteiger partial charge in [0.15, 0.2) is 0 Å². The Morgan fingerprint density at radius 3 is 1.88 bits per heavy atom. The van der Waals surface area contributed by atoms with Gasteiger partial charge in [-0.05, 0) is 86.5 Å². The average Bonchev–Trinajstić information content (AvgIpc) is 1.77. The van der Waals surface area contributed by atoms with Crippen molar-refractivity contribution in [3.63, 3.8) is 0 Å². The number of methoxy groups -OCH3 is 2. The van der Waals surface area contributed by atoms with Crippen LogP contribution in [0.25, 0.3) is 0 Å². The Morgan fingerprint density at radius 2 is 1.33 bits per heavy atom. The van der Waals surface area contributed by atoms with Crippen LogP contribution in [-0.4, -0.2) is 203 Å². The molecular weight excluding hydrogens is 1230 g/mol. The molecule has 13 atom stereocenters. The molecule has 27 heteroatoms. The first kappa shape index (κ1) is 79.1. The maximum absolute atomic E-state index is 14.8. The minimum absolute atomic E-state index is 0.0950. The Hall–Kier alpha value is -8.30. The van der Waals surface area contributed by atoms with E-state index in [9.17, 15) is 67.7 Å². The lowest BCUT2D eigenvalue weighted by atomic mass is 9.89. The standard InChI is InChI=1S/C68H102N10O17/c1-16-41(8)59(51(93-14)36-55(82)77-33-20-23-50(77)61(94-15)42(9)62(86)69-43(10)60(85)46-21-18-17-19-22-46)75(12)67(91)57(39(4)5)74-66(90)58(40(6)7)76(13)68(92)95-37-45-24-26-47(27-25-45)71-65(89)49(35-38(2)3)73-63(87)44(11)70-64(88)48(28-31-56(83)84)72-52(79)32-34-78-53(80)29-30-54(78)81/h17-19,21-22,24-27,29-30,38-44,48-51,57-61,85H,16,20,23,28,31-37H2,1-15H3,(H,69,86)(H,70,88)(H,71,89)(H,72,79)(H,73,87)(H,74,90)(H,83,84)/t41-,42+,43+,44-,48-,49-,50-,51+,57-,58-,59-,60+,61+/m0/s1. The van der Waals surface area contributed by atoms with Crippen LogP contribution in [-0.2, 0) is 73.6 Å². The average molecular weight is 1330 g/mol. The van der Waals surface area contributed by atoms with E-state index in [0.29, 0.717) is 42.6 Å². The van der Waals surface area contributed by atoms with Gasteiger partial charge in [0, 0.05) is 72.1 Å². The number of carbonyl (C=O) groups is 12. The van der Waals surface area contributed by atoms with Crippen molar-refractivity contribution in [2.45, 2.75) is 201 Å². The second-order valence-electron chi connectivity index (χ2n) is 25.9. The van der Waals surface area contributed by atoms with Gasteiger partial charge in [0.25, 0.3) is 11.8 Å². The number of likely N-dealkylation sites (N-methyl/N-ethyl adjacent to an activating group) is 2. The van der Waals surface area contributed by atoms with Gasteiger partial charge < -0.3 is 66.1 Å². The predicted molar refractivity (Wildman–Crippen MR) is 352 cm³/mol. The fourth-order valence-electron chi connectivity index (χ4n) is 11.9. The van der Waals surface area contributed by atoms with Crippen molar-refractivity contribution in [1.82, 2.24) is 46.2 Å². The Kier molecular flexibility index (Phi) is 31.4. The van der Waals surface area contributed by atoms with Crippen LogP contribution in [0.1, 0.15) is 145 Å². The highest BCUT2D eigenvalue weighted by atomic mass is 16.6. The van der Waals surface area contributed by atoms with Crippen molar-refractivity contribution in [1.29, 1.82) is 0 Å². The van der Waals surface area contributed by atoms with Gasteiger partial charge in [0.05, 0.1) is 48.8 Å². The molecule has 2 aliphatic rings. The van der Waals surface area contributed by atoms with Gasteiger partial charge in [-0.25, -0.2) is 4.79 Å². The highest BCUT2D eigenvalue weighted by Gasteiger charge is 2.44. The molecular formula is C68H102N10O17. The van der Waals surface area contributed by atoms with Crippen LogP contribution in [0.4, 0.5) is 10.5 Å². The summed E-state index contributed by atoms with van der Waals surface area (Å²) in [6.07, 6.45) is -0.413. The first-order valence-electron chi connectivity index (χ1n) is 32.7. The molecule has 2 heterocycles. The summed E-state index contributed by atoms with van der Waals surface area (Å²) in [5, 5.41) is 36.4. The van der Waals surface area contributed by atoms with E-state index in [2.05, 4.69) is 31.9 Å². The highest BCUT2D eigenvalue weighted by Crippen LogP contribution is 2.31. The monoisotopic (exact) mass is 1330 g/mol. The maximum Gasteiger partial charge on any atom is 0.410 e. The van der Waals surface area contributed by atoms with Gasteiger partial charge in [-0.15, -0.1) is 0 Å². The van der Waals surface area contributed by atoms with Gasteiger partial charge in [-0.3, -0.25) is 62.5 Å². The molecule has 2 aromatic rings. The minimum Gasteiger partial charge on any atom is -0.481 e. The van der Waals surface area contributed by atoms with Crippen LogP contribution in [0.15, 0.2) is 66.7 Å². The van der Waals surface area contributed by atoms with Crippen molar-refractivity contribution < 1.29 is 82.0 Å². The summed E-state index contributed by atoms with van der Waals surface area (Å²) in [6.45, 7) is 19.4. The molecule has 0 unspecified atom stereocenters. The third-order valence-electron chi connectivity index (χ3n) is 17.5. The number of rotatable bonds is 37. The number of aliphatic hydroxyl groups is 1. The molecule has 8 N–H and O–H groups in total. The topological polar surface area (TPSA) is 358 Å². The molecule has 0 spiro atoms. The number of benzene rings is 2. The second kappa shape index (κ2) is 37.7. The lowest BCUT2D eigenvalue weighted by Gasteiger charge is -2.41. The molecule has 0 aromatic heterocycles. The van der Waals surface area contributed by atoms with Gasteiger partial charge >= 0.3 is 12.1 Å². The summed E-state index contributed by atoms with van der Waals surface area (Å²) in [5.41, 5.74) is 1.50. The van der Waals surface area contributed by atoms with Crippen molar-refractivity contribution in [3.8, 4) is 0 Å². The van der Waals surface area contributed by atoms with Crippen LogP contribution in [0.5, 0.6) is 0 Å². The highest BCUT2D eigenvalue weighted by molar-refractivity contribution is 6.13. The van der Waals surface area contributed by atoms with Gasteiger partial charge in [-0.1, -0.05) is 111 Å². The van der Waals surface area contributed by atoms with Crippen LogP contribution in [0.3, 0.4) is 0 Å². The van der Waals surface area contributed by atoms with Crippen molar-refractivity contribution in [2.24, 2.45) is 29.6 Å². The number of aliphatic carboxylic acids is 1. The number of hydrogen-bond acceptors (Lipinski definition) is 16. The summed E-state index contributed by atoms with van der Waals surface area (Å²) >= 11 is 0. The Balaban J connectivity index is 1.36. The smallest absolute Gasteiger partial charge is 0.410 e. The zero-order valence-corrected chi connectivity index (χ0v) is 57.7. The van der Waals surface area contributed by atoms with Crippen LogP contribution >= 0.6 is 0 Å². The van der Waals surface area contributed by atoms with E-state index >= 15 is 0 Å². The second-order valence-corrected chi connectivity index (χ2v) is 25.9. The first-order chi connectivity index (χ1) is 44.8. The molecule has 2 aliphatic heterocycles. The molecule has 1 saturated heterocycles. The SMILES string of the molecule is CC[C@H](C)[C@@H]([C@@H](CC(=O)N1CCC[C@H]1[C@H](OC)[C@@H](C)C(=O)N[C@H](C)[C@@H](O)c1ccccc1)OC)N(C)C(=O)[C@@H](NC(=O)[C@H](C(C)C)N(C)C(=O)OCc1ccc(NC(=O)[C@H](CC(C)C)NC(=O)[C@H](C)NC(=O)[C@H](CCC(=O)O)NC(=O)CCN2C(=O)C=CC2=O)cc1)C(C)C. The number of imide groups is 1. The van der Waals surface area contributed by atoms with E-state index in [0.717, 1.165) is 22.0 Å². The maximum atomic E-state index is 14.8.